The molecule has 0 aromatic heterocycles. The van der Waals surface area contributed by atoms with E-state index in [2.05, 4.69) is 31.3 Å². The van der Waals surface area contributed by atoms with Gasteiger partial charge in [-0.05, 0) is 55.5 Å². The van der Waals surface area contributed by atoms with E-state index >= 15 is 0 Å². The van der Waals surface area contributed by atoms with Gasteiger partial charge in [0.1, 0.15) is 0 Å². The molecule has 1 aliphatic rings. The molecule has 2 rings (SSSR count). The normalized spacial score (nSPS) is 16.4. The van der Waals surface area contributed by atoms with E-state index in [0.29, 0.717) is 6.04 Å². The van der Waals surface area contributed by atoms with Crippen molar-refractivity contribution in [3.8, 4) is 11.5 Å². The maximum absolute atomic E-state index is 5.41. The molecule has 0 aliphatic heterocycles. The van der Waals surface area contributed by atoms with Crippen molar-refractivity contribution in [2.75, 3.05) is 20.8 Å². The van der Waals surface area contributed by atoms with Gasteiger partial charge in [-0.15, -0.1) is 0 Å². The second-order valence-electron chi connectivity index (χ2n) is 4.94. The van der Waals surface area contributed by atoms with Crippen LogP contribution in [0.15, 0.2) is 12.1 Å². The smallest absolute Gasteiger partial charge is 0.161 e. The zero-order chi connectivity index (χ0) is 13.1. The van der Waals surface area contributed by atoms with Crippen molar-refractivity contribution in [3.63, 3.8) is 0 Å². The van der Waals surface area contributed by atoms with Crippen LogP contribution in [0, 0.1) is 12.8 Å². The van der Waals surface area contributed by atoms with Gasteiger partial charge < -0.3 is 14.8 Å². The molecular weight excluding hydrogens is 226 g/mol. The molecule has 0 heterocycles. The number of ether oxygens (including phenoxy) is 2. The minimum absolute atomic E-state index is 0.454. The highest BCUT2D eigenvalue weighted by molar-refractivity contribution is 5.48. The van der Waals surface area contributed by atoms with Crippen LogP contribution in [-0.2, 0) is 0 Å². The summed E-state index contributed by atoms with van der Waals surface area (Å²) in [6.45, 7) is 5.30. The van der Waals surface area contributed by atoms with Crippen LogP contribution in [-0.4, -0.2) is 20.8 Å². The first-order valence-corrected chi connectivity index (χ1v) is 6.67. The molecule has 1 aromatic carbocycles. The van der Waals surface area contributed by atoms with Crippen LogP contribution in [0.25, 0.3) is 0 Å². The highest BCUT2D eigenvalue weighted by Crippen LogP contribution is 2.44. The van der Waals surface area contributed by atoms with Crippen LogP contribution in [0.4, 0.5) is 0 Å². The molecule has 0 amide bonds. The minimum atomic E-state index is 0.454. The van der Waals surface area contributed by atoms with E-state index in [-0.39, 0.29) is 0 Å². The van der Waals surface area contributed by atoms with E-state index in [1.807, 2.05) is 0 Å². The SMILES string of the molecule is CCNC(c1cc(OC)c(OC)cc1C)C1CC1. The van der Waals surface area contributed by atoms with Crippen LogP contribution in [0.5, 0.6) is 11.5 Å². The lowest BCUT2D eigenvalue weighted by molar-refractivity contribution is 0.353. The maximum atomic E-state index is 5.41. The van der Waals surface area contributed by atoms with Crippen molar-refractivity contribution in [3.05, 3.63) is 23.3 Å². The Bertz CT molecular complexity index is 413. The fourth-order valence-electron chi connectivity index (χ4n) is 2.51. The number of aryl methyl sites for hydroxylation is 1. The Morgan fingerprint density at radius 2 is 1.83 bits per heavy atom. The fourth-order valence-corrected chi connectivity index (χ4v) is 2.51. The van der Waals surface area contributed by atoms with Crippen molar-refractivity contribution in [2.45, 2.75) is 32.7 Å². The molecule has 1 saturated carbocycles. The lowest BCUT2D eigenvalue weighted by Gasteiger charge is -2.21. The van der Waals surface area contributed by atoms with Gasteiger partial charge in [-0.2, -0.15) is 0 Å². The molecule has 100 valence electrons. The monoisotopic (exact) mass is 249 g/mol. The summed E-state index contributed by atoms with van der Waals surface area (Å²) in [4.78, 5) is 0. The second kappa shape index (κ2) is 5.61. The average Bonchev–Trinajstić information content (AvgIpc) is 3.20. The van der Waals surface area contributed by atoms with Crippen molar-refractivity contribution < 1.29 is 9.47 Å². The Balaban J connectivity index is 2.35. The molecule has 1 aliphatic carbocycles. The van der Waals surface area contributed by atoms with E-state index in [1.54, 1.807) is 14.2 Å². The lowest BCUT2D eigenvalue weighted by atomic mass is 9.96. The summed E-state index contributed by atoms with van der Waals surface area (Å²) < 4.78 is 10.8. The number of rotatable bonds is 6. The summed E-state index contributed by atoms with van der Waals surface area (Å²) in [5, 5.41) is 3.59. The number of nitrogens with one attached hydrogen (secondary N) is 1. The van der Waals surface area contributed by atoms with Crippen LogP contribution in [0.1, 0.15) is 36.9 Å². The predicted octanol–water partition coefficient (Wildman–Crippen LogP) is 3.07. The Morgan fingerprint density at radius 1 is 1.22 bits per heavy atom. The average molecular weight is 249 g/mol. The zero-order valence-electron chi connectivity index (χ0n) is 11.7. The summed E-state index contributed by atoms with van der Waals surface area (Å²) >= 11 is 0. The zero-order valence-corrected chi connectivity index (χ0v) is 11.7. The van der Waals surface area contributed by atoms with Gasteiger partial charge in [-0.3, -0.25) is 0 Å². The number of methoxy groups -OCH3 is 2. The summed E-state index contributed by atoms with van der Waals surface area (Å²) in [7, 11) is 3.37. The van der Waals surface area contributed by atoms with E-state index in [1.165, 1.54) is 24.0 Å². The Morgan fingerprint density at radius 3 is 2.33 bits per heavy atom. The van der Waals surface area contributed by atoms with Crippen LogP contribution in [0.2, 0.25) is 0 Å². The van der Waals surface area contributed by atoms with Gasteiger partial charge in [0.15, 0.2) is 11.5 Å². The molecule has 1 atom stereocenters. The molecule has 0 bridgehead atoms. The molecule has 0 saturated heterocycles. The second-order valence-corrected chi connectivity index (χ2v) is 4.94. The van der Waals surface area contributed by atoms with Crippen LogP contribution < -0.4 is 14.8 Å². The molecule has 1 unspecified atom stereocenters. The van der Waals surface area contributed by atoms with Crippen LogP contribution in [0.3, 0.4) is 0 Å². The predicted molar refractivity (Wildman–Crippen MR) is 73.4 cm³/mol. The standard InChI is InChI=1S/C15H23NO2/c1-5-16-15(11-6-7-11)12-9-14(18-4)13(17-3)8-10(12)2/h8-9,11,15-16H,5-7H2,1-4H3. The lowest BCUT2D eigenvalue weighted by Crippen LogP contribution is -2.23. The van der Waals surface area contributed by atoms with E-state index in [4.69, 9.17) is 9.47 Å². The third kappa shape index (κ3) is 2.61. The quantitative estimate of drug-likeness (QED) is 0.840. The highest BCUT2D eigenvalue weighted by Gasteiger charge is 2.33. The first-order valence-electron chi connectivity index (χ1n) is 6.67. The highest BCUT2D eigenvalue weighted by atomic mass is 16.5. The molecule has 3 nitrogen and oxygen atoms in total. The van der Waals surface area contributed by atoms with Crippen molar-refractivity contribution in [1.29, 1.82) is 0 Å². The van der Waals surface area contributed by atoms with Gasteiger partial charge in [0.25, 0.3) is 0 Å². The van der Waals surface area contributed by atoms with Gasteiger partial charge in [0.05, 0.1) is 14.2 Å². The van der Waals surface area contributed by atoms with Crippen molar-refractivity contribution in [2.24, 2.45) is 5.92 Å². The third-order valence-corrected chi connectivity index (χ3v) is 3.62. The topological polar surface area (TPSA) is 30.5 Å². The first-order chi connectivity index (χ1) is 8.71. The van der Waals surface area contributed by atoms with Gasteiger partial charge in [-0.25, -0.2) is 0 Å². The third-order valence-electron chi connectivity index (χ3n) is 3.62. The molecule has 1 fully saturated rings. The molecule has 3 heteroatoms. The first kappa shape index (κ1) is 13.2. The Kier molecular flexibility index (Phi) is 4.12. The van der Waals surface area contributed by atoms with Crippen LogP contribution >= 0.6 is 0 Å². The summed E-state index contributed by atoms with van der Waals surface area (Å²) in [6.07, 6.45) is 2.65. The van der Waals surface area contributed by atoms with Gasteiger partial charge in [0, 0.05) is 6.04 Å². The molecule has 18 heavy (non-hydrogen) atoms. The van der Waals surface area contributed by atoms with Crippen molar-refractivity contribution in [1.82, 2.24) is 5.32 Å². The van der Waals surface area contributed by atoms with Crippen molar-refractivity contribution >= 4 is 0 Å². The number of hydrogen-bond donors (Lipinski definition) is 1. The number of benzene rings is 1. The fraction of sp³-hybridized carbons (Fsp3) is 0.600. The summed E-state index contributed by atoms with van der Waals surface area (Å²) in [5.41, 5.74) is 2.61. The largest absolute Gasteiger partial charge is 0.493 e. The maximum Gasteiger partial charge on any atom is 0.161 e. The Hall–Kier alpha value is -1.22. The minimum Gasteiger partial charge on any atom is -0.493 e. The number of hydrogen-bond acceptors (Lipinski definition) is 3. The van der Waals surface area contributed by atoms with E-state index in [0.717, 1.165) is 24.0 Å². The molecule has 1 aromatic rings. The summed E-state index contributed by atoms with van der Waals surface area (Å²) in [6, 6.07) is 4.65. The molecular formula is C15H23NO2. The van der Waals surface area contributed by atoms with Gasteiger partial charge >= 0.3 is 0 Å². The van der Waals surface area contributed by atoms with Gasteiger partial charge in [-0.1, -0.05) is 6.92 Å². The van der Waals surface area contributed by atoms with E-state index < -0.39 is 0 Å². The van der Waals surface area contributed by atoms with Gasteiger partial charge in [0.2, 0.25) is 0 Å². The van der Waals surface area contributed by atoms with E-state index in [9.17, 15) is 0 Å². The summed E-state index contributed by atoms with van der Waals surface area (Å²) in [5.74, 6) is 2.41. The molecule has 0 radical (unpaired) electrons. The molecule has 0 spiro atoms. The Labute approximate surface area is 109 Å². The molecule has 1 N–H and O–H groups in total.